The Morgan fingerprint density at radius 2 is 2.21 bits per heavy atom. The molecule has 4 heteroatoms. The Labute approximate surface area is 86.0 Å². The molecule has 1 heterocycles. The zero-order valence-electron chi connectivity index (χ0n) is 7.73. The van der Waals surface area contributed by atoms with Gasteiger partial charge in [-0.3, -0.25) is 4.79 Å². The fraction of sp³-hybridized carbons (Fsp3) is 0.200. The normalized spacial score (nSPS) is 10.4. The number of carbonyl (C=O) groups is 2. The van der Waals surface area contributed by atoms with Crippen LogP contribution in [0.4, 0.5) is 0 Å². The first kappa shape index (κ1) is 10.7. The molecule has 0 N–H and O–H groups in total. The van der Waals surface area contributed by atoms with Crippen LogP contribution in [0.5, 0.6) is 0 Å². The van der Waals surface area contributed by atoms with Crippen LogP contribution in [0.2, 0.25) is 0 Å². The molecule has 0 radical (unpaired) electrons. The maximum atomic E-state index is 10.9. The molecular formula is C10H10O3S. The second kappa shape index (κ2) is 5.34. The molecule has 0 aliphatic rings. The largest absolute Gasteiger partial charge is 0.463 e. The number of ether oxygens (including phenoxy) is 1. The van der Waals surface area contributed by atoms with Crippen molar-refractivity contribution in [1.82, 2.24) is 0 Å². The number of thiophene rings is 1. The van der Waals surface area contributed by atoms with Gasteiger partial charge in [0.05, 0.1) is 6.61 Å². The summed E-state index contributed by atoms with van der Waals surface area (Å²) in [5.74, 6) is -0.393. The number of carbonyl (C=O) groups excluding carboxylic acids is 2. The number of rotatable bonds is 4. The Hall–Kier alpha value is -1.42. The highest BCUT2D eigenvalue weighted by Crippen LogP contribution is 2.14. The van der Waals surface area contributed by atoms with Crippen molar-refractivity contribution in [3.63, 3.8) is 0 Å². The quantitative estimate of drug-likeness (QED) is 0.434. The van der Waals surface area contributed by atoms with Crippen molar-refractivity contribution in [2.45, 2.75) is 6.92 Å². The first-order valence-corrected chi connectivity index (χ1v) is 5.08. The molecule has 3 nitrogen and oxygen atoms in total. The van der Waals surface area contributed by atoms with E-state index in [1.807, 2.05) is 0 Å². The first-order valence-electron chi connectivity index (χ1n) is 4.14. The molecule has 0 atom stereocenters. The number of esters is 1. The number of hydrogen-bond donors (Lipinski definition) is 0. The van der Waals surface area contributed by atoms with Crippen LogP contribution < -0.4 is 0 Å². The summed E-state index contributed by atoms with van der Waals surface area (Å²) < 4.78 is 4.70. The second-order valence-corrected chi connectivity index (χ2v) is 3.23. The Kier molecular flexibility index (Phi) is 4.07. The van der Waals surface area contributed by atoms with E-state index in [2.05, 4.69) is 0 Å². The van der Waals surface area contributed by atoms with Crippen LogP contribution >= 0.6 is 11.3 Å². The molecule has 74 valence electrons. The average Bonchev–Trinajstić information content (AvgIpc) is 2.62. The van der Waals surface area contributed by atoms with E-state index in [-0.39, 0.29) is 0 Å². The van der Waals surface area contributed by atoms with Crippen molar-refractivity contribution in [2.24, 2.45) is 0 Å². The molecule has 1 aromatic heterocycles. The number of hydrogen-bond acceptors (Lipinski definition) is 4. The lowest BCUT2D eigenvalue weighted by Crippen LogP contribution is -1.98. The van der Waals surface area contributed by atoms with Crippen LogP contribution in [0.15, 0.2) is 16.8 Å². The predicted molar refractivity (Wildman–Crippen MR) is 55.4 cm³/mol. The van der Waals surface area contributed by atoms with E-state index < -0.39 is 5.97 Å². The summed E-state index contributed by atoms with van der Waals surface area (Å²) in [7, 11) is 0. The molecule has 1 aromatic rings. The summed E-state index contributed by atoms with van der Waals surface area (Å²) in [5, 5.41) is 3.54. The van der Waals surface area contributed by atoms with Crippen molar-refractivity contribution in [3.05, 3.63) is 28.0 Å². The highest BCUT2D eigenvalue weighted by Gasteiger charge is 1.99. The standard InChI is InChI=1S/C10H10O3S/c1-2-13-10(12)4-3-8-6-14-7-9(8)5-11/h3-7H,2H2,1H3. The molecule has 0 bridgehead atoms. The molecule has 0 aromatic carbocycles. The maximum absolute atomic E-state index is 10.9. The summed E-state index contributed by atoms with van der Waals surface area (Å²) >= 11 is 1.42. The third-order valence-electron chi connectivity index (χ3n) is 1.54. The van der Waals surface area contributed by atoms with Crippen LogP contribution in [0.1, 0.15) is 22.8 Å². The van der Waals surface area contributed by atoms with Gasteiger partial charge in [-0.15, -0.1) is 0 Å². The molecule has 0 aliphatic heterocycles. The molecule has 0 unspecified atom stereocenters. The molecule has 0 spiro atoms. The van der Waals surface area contributed by atoms with Crippen molar-refractivity contribution in [3.8, 4) is 0 Å². The third kappa shape index (κ3) is 2.81. The molecule has 14 heavy (non-hydrogen) atoms. The molecule has 0 saturated heterocycles. The maximum Gasteiger partial charge on any atom is 0.330 e. The Morgan fingerprint density at radius 1 is 1.50 bits per heavy atom. The van der Waals surface area contributed by atoms with Crippen molar-refractivity contribution in [1.29, 1.82) is 0 Å². The first-order chi connectivity index (χ1) is 6.77. The Morgan fingerprint density at radius 3 is 2.86 bits per heavy atom. The lowest BCUT2D eigenvalue weighted by Gasteiger charge is -1.94. The van der Waals surface area contributed by atoms with Crippen molar-refractivity contribution < 1.29 is 14.3 Å². The van der Waals surface area contributed by atoms with Gasteiger partial charge in [0, 0.05) is 17.0 Å². The zero-order chi connectivity index (χ0) is 10.4. The van der Waals surface area contributed by atoms with Gasteiger partial charge >= 0.3 is 5.97 Å². The molecule has 0 amide bonds. The van der Waals surface area contributed by atoms with Gasteiger partial charge in [-0.1, -0.05) is 0 Å². The summed E-state index contributed by atoms with van der Waals surface area (Å²) in [6.07, 6.45) is 3.66. The third-order valence-corrected chi connectivity index (χ3v) is 2.32. The van der Waals surface area contributed by atoms with E-state index in [1.165, 1.54) is 17.4 Å². The summed E-state index contributed by atoms with van der Waals surface area (Å²) in [4.78, 5) is 21.5. The summed E-state index contributed by atoms with van der Waals surface area (Å²) in [6.45, 7) is 2.10. The van der Waals surface area contributed by atoms with Crippen LogP contribution in [0, 0.1) is 0 Å². The van der Waals surface area contributed by atoms with E-state index in [1.54, 1.807) is 23.8 Å². The molecule has 1 rings (SSSR count). The fourth-order valence-electron chi connectivity index (χ4n) is 0.896. The van der Waals surface area contributed by atoms with E-state index in [0.717, 1.165) is 11.8 Å². The van der Waals surface area contributed by atoms with E-state index in [4.69, 9.17) is 4.74 Å². The molecular weight excluding hydrogens is 200 g/mol. The second-order valence-electron chi connectivity index (χ2n) is 2.49. The lowest BCUT2D eigenvalue weighted by atomic mass is 10.2. The van der Waals surface area contributed by atoms with Crippen LogP contribution in [0.3, 0.4) is 0 Å². The minimum Gasteiger partial charge on any atom is -0.463 e. The smallest absolute Gasteiger partial charge is 0.330 e. The van der Waals surface area contributed by atoms with Crippen LogP contribution in [-0.2, 0) is 9.53 Å². The fourth-order valence-corrected chi connectivity index (χ4v) is 1.66. The number of aldehydes is 1. The lowest BCUT2D eigenvalue weighted by molar-refractivity contribution is -0.137. The minimum atomic E-state index is -0.393. The Balaban J connectivity index is 2.68. The molecule has 0 aliphatic carbocycles. The summed E-state index contributed by atoms with van der Waals surface area (Å²) in [5.41, 5.74) is 1.34. The van der Waals surface area contributed by atoms with Gasteiger partial charge in [0.25, 0.3) is 0 Å². The van der Waals surface area contributed by atoms with Gasteiger partial charge in [-0.25, -0.2) is 4.79 Å². The summed E-state index contributed by atoms with van der Waals surface area (Å²) in [6, 6.07) is 0. The van der Waals surface area contributed by atoms with Crippen LogP contribution in [0.25, 0.3) is 6.08 Å². The topological polar surface area (TPSA) is 43.4 Å². The highest BCUT2D eigenvalue weighted by atomic mass is 32.1. The molecule has 0 saturated carbocycles. The minimum absolute atomic E-state index is 0.355. The van der Waals surface area contributed by atoms with Crippen LogP contribution in [-0.4, -0.2) is 18.9 Å². The highest BCUT2D eigenvalue weighted by molar-refractivity contribution is 7.08. The van der Waals surface area contributed by atoms with E-state index >= 15 is 0 Å². The van der Waals surface area contributed by atoms with Gasteiger partial charge in [0.1, 0.15) is 0 Å². The van der Waals surface area contributed by atoms with Gasteiger partial charge in [-0.05, 0) is 23.9 Å². The van der Waals surface area contributed by atoms with E-state index in [0.29, 0.717) is 12.2 Å². The van der Waals surface area contributed by atoms with Gasteiger partial charge < -0.3 is 4.74 Å². The van der Waals surface area contributed by atoms with Crippen molar-refractivity contribution in [2.75, 3.05) is 6.61 Å². The molecule has 0 fully saturated rings. The average molecular weight is 210 g/mol. The van der Waals surface area contributed by atoms with Crippen molar-refractivity contribution >= 4 is 29.7 Å². The van der Waals surface area contributed by atoms with E-state index in [9.17, 15) is 9.59 Å². The Bertz CT molecular complexity index is 352. The van der Waals surface area contributed by atoms with Gasteiger partial charge in [-0.2, -0.15) is 11.3 Å². The van der Waals surface area contributed by atoms with Gasteiger partial charge in [0.15, 0.2) is 6.29 Å². The predicted octanol–water partition coefficient (Wildman–Crippen LogP) is 2.14. The monoisotopic (exact) mass is 210 g/mol. The zero-order valence-corrected chi connectivity index (χ0v) is 8.54. The van der Waals surface area contributed by atoms with Gasteiger partial charge in [0.2, 0.25) is 0 Å². The SMILES string of the molecule is CCOC(=O)C=Cc1cscc1C=O.